The van der Waals surface area contributed by atoms with Crippen LogP contribution in [0.2, 0.25) is 0 Å². The first-order valence-corrected chi connectivity index (χ1v) is 10.7. The van der Waals surface area contributed by atoms with E-state index in [0.717, 1.165) is 35.5 Å². The number of hydrogen-bond acceptors (Lipinski definition) is 6. The van der Waals surface area contributed by atoms with Crippen LogP contribution in [-0.2, 0) is 17.6 Å². The van der Waals surface area contributed by atoms with Crippen molar-refractivity contribution in [2.24, 2.45) is 0 Å². The number of carbonyl (C=O) groups excluding carboxylic acids is 2. The molecule has 0 saturated heterocycles. The summed E-state index contributed by atoms with van der Waals surface area (Å²) in [6, 6.07) is 11.3. The molecule has 2 aliphatic rings. The molecule has 164 valence electrons. The van der Waals surface area contributed by atoms with Gasteiger partial charge in [-0.2, -0.15) is 0 Å². The maximum Gasteiger partial charge on any atom is 0.291 e. The number of amides is 2. The van der Waals surface area contributed by atoms with Crippen molar-refractivity contribution in [3.8, 4) is 5.88 Å². The monoisotopic (exact) mass is 432 g/mol. The number of benzene rings is 1. The first-order valence-electron chi connectivity index (χ1n) is 10.7. The van der Waals surface area contributed by atoms with Crippen molar-refractivity contribution >= 4 is 17.5 Å². The van der Waals surface area contributed by atoms with Crippen molar-refractivity contribution in [1.82, 2.24) is 25.1 Å². The molecule has 1 aromatic carbocycles. The summed E-state index contributed by atoms with van der Waals surface area (Å²) in [4.78, 5) is 36.1. The molecule has 2 amide bonds. The third-order valence-corrected chi connectivity index (χ3v) is 6.17. The average Bonchev–Trinajstić information content (AvgIpc) is 3.39. The summed E-state index contributed by atoms with van der Waals surface area (Å²) in [5.41, 5.74) is 2.82. The topological polar surface area (TPSA) is 102 Å². The predicted molar refractivity (Wildman–Crippen MR) is 117 cm³/mol. The van der Waals surface area contributed by atoms with Crippen LogP contribution in [0.5, 0.6) is 5.88 Å². The van der Waals surface area contributed by atoms with Crippen LogP contribution in [-0.4, -0.2) is 51.8 Å². The van der Waals surface area contributed by atoms with Crippen LogP contribution in [0, 0.1) is 0 Å². The number of likely N-dealkylation sites (N-methyl/N-ethyl adjacent to an activating group) is 1. The SMILES string of the molecule is COc1cc2c(cn1)N(C)C(=O)[C@@H](NC(=O)c1nc3n(n1)C(c1ccccc1)CC3)CC2. The number of ether oxygens (including phenoxy) is 1. The van der Waals surface area contributed by atoms with Gasteiger partial charge in [-0.3, -0.25) is 9.59 Å². The second-order valence-electron chi connectivity index (χ2n) is 8.08. The fourth-order valence-electron chi connectivity index (χ4n) is 4.46. The van der Waals surface area contributed by atoms with Gasteiger partial charge in [0.2, 0.25) is 17.6 Å². The molecule has 32 heavy (non-hydrogen) atoms. The zero-order chi connectivity index (χ0) is 22.2. The molecule has 5 rings (SSSR count). The molecule has 9 heteroatoms. The van der Waals surface area contributed by atoms with Crippen molar-refractivity contribution in [3.63, 3.8) is 0 Å². The van der Waals surface area contributed by atoms with Gasteiger partial charge in [0.25, 0.3) is 5.91 Å². The lowest BCUT2D eigenvalue weighted by atomic mass is 10.1. The Hall–Kier alpha value is -3.75. The number of carbonyl (C=O) groups is 2. The molecule has 0 fully saturated rings. The molecule has 0 aliphatic carbocycles. The van der Waals surface area contributed by atoms with Crippen LogP contribution in [0.1, 0.15) is 46.5 Å². The van der Waals surface area contributed by atoms with Gasteiger partial charge in [0.15, 0.2) is 0 Å². The summed E-state index contributed by atoms with van der Waals surface area (Å²) in [6.07, 6.45) is 4.37. The highest BCUT2D eigenvalue weighted by molar-refractivity contribution is 6.01. The number of pyridine rings is 1. The van der Waals surface area contributed by atoms with E-state index in [1.807, 2.05) is 28.9 Å². The van der Waals surface area contributed by atoms with Gasteiger partial charge in [0, 0.05) is 19.5 Å². The van der Waals surface area contributed by atoms with Gasteiger partial charge in [0.1, 0.15) is 11.9 Å². The lowest BCUT2D eigenvalue weighted by Crippen LogP contribution is -2.47. The first kappa shape index (κ1) is 20.2. The summed E-state index contributed by atoms with van der Waals surface area (Å²) < 4.78 is 7.03. The molecule has 4 heterocycles. The second kappa shape index (κ2) is 8.07. The number of aromatic nitrogens is 4. The van der Waals surface area contributed by atoms with E-state index in [1.54, 1.807) is 20.4 Å². The number of fused-ring (bicyclic) bond motifs is 2. The Balaban J connectivity index is 1.33. The van der Waals surface area contributed by atoms with Crippen molar-refractivity contribution in [2.75, 3.05) is 19.1 Å². The quantitative estimate of drug-likeness (QED) is 0.676. The summed E-state index contributed by atoms with van der Waals surface area (Å²) in [6.45, 7) is 0. The minimum atomic E-state index is -0.672. The van der Waals surface area contributed by atoms with E-state index in [9.17, 15) is 9.59 Å². The summed E-state index contributed by atoms with van der Waals surface area (Å²) >= 11 is 0. The number of aryl methyl sites for hydroxylation is 2. The average molecular weight is 432 g/mol. The highest BCUT2D eigenvalue weighted by Gasteiger charge is 2.33. The lowest BCUT2D eigenvalue weighted by molar-refractivity contribution is -0.120. The summed E-state index contributed by atoms with van der Waals surface area (Å²) in [5.74, 6) is 0.752. The van der Waals surface area contributed by atoms with E-state index in [0.29, 0.717) is 18.7 Å². The Kier molecular flexibility index (Phi) is 5.08. The number of rotatable bonds is 4. The molecule has 1 N–H and O–H groups in total. The molecule has 2 atom stereocenters. The zero-order valence-electron chi connectivity index (χ0n) is 18.0. The van der Waals surface area contributed by atoms with Crippen LogP contribution >= 0.6 is 0 Å². The van der Waals surface area contributed by atoms with Gasteiger partial charge >= 0.3 is 0 Å². The summed E-state index contributed by atoms with van der Waals surface area (Å²) in [5, 5.41) is 7.33. The molecule has 1 unspecified atom stereocenters. The molecular weight excluding hydrogens is 408 g/mol. The van der Waals surface area contributed by atoms with Crippen molar-refractivity contribution < 1.29 is 14.3 Å². The van der Waals surface area contributed by atoms with E-state index in [4.69, 9.17) is 4.74 Å². The lowest BCUT2D eigenvalue weighted by Gasteiger charge is -2.21. The predicted octanol–water partition coefficient (Wildman–Crippen LogP) is 1.92. The maximum atomic E-state index is 13.0. The third-order valence-electron chi connectivity index (χ3n) is 6.17. The number of nitrogens with one attached hydrogen (secondary N) is 1. The fraction of sp³-hybridized carbons (Fsp3) is 0.348. The van der Waals surface area contributed by atoms with Gasteiger partial charge < -0.3 is 15.0 Å². The van der Waals surface area contributed by atoms with Crippen LogP contribution < -0.4 is 15.0 Å². The summed E-state index contributed by atoms with van der Waals surface area (Å²) in [7, 11) is 3.24. The second-order valence-corrected chi connectivity index (χ2v) is 8.08. The molecule has 0 saturated carbocycles. The molecule has 2 aromatic heterocycles. The highest BCUT2D eigenvalue weighted by Crippen LogP contribution is 2.30. The number of hydrogen-bond donors (Lipinski definition) is 1. The Bertz CT molecular complexity index is 1180. The Labute approximate surface area is 185 Å². The van der Waals surface area contributed by atoms with E-state index < -0.39 is 11.9 Å². The van der Waals surface area contributed by atoms with Crippen molar-refractivity contribution in [2.45, 2.75) is 37.8 Å². The zero-order valence-corrected chi connectivity index (χ0v) is 18.0. The molecule has 0 spiro atoms. The van der Waals surface area contributed by atoms with Crippen LogP contribution in [0.4, 0.5) is 5.69 Å². The van der Waals surface area contributed by atoms with Crippen molar-refractivity contribution in [3.05, 3.63) is 65.4 Å². The minimum absolute atomic E-state index is 0.0721. The van der Waals surface area contributed by atoms with E-state index in [-0.39, 0.29) is 17.8 Å². The smallest absolute Gasteiger partial charge is 0.291 e. The largest absolute Gasteiger partial charge is 0.481 e. The van der Waals surface area contributed by atoms with Gasteiger partial charge in [-0.05, 0) is 30.4 Å². The van der Waals surface area contributed by atoms with Crippen molar-refractivity contribution in [1.29, 1.82) is 0 Å². The van der Waals surface area contributed by atoms with E-state index in [1.165, 1.54) is 4.90 Å². The van der Waals surface area contributed by atoms with E-state index >= 15 is 0 Å². The van der Waals surface area contributed by atoms with Gasteiger partial charge in [-0.1, -0.05) is 30.3 Å². The van der Waals surface area contributed by atoms with Gasteiger partial charge in [-0.15, -0.1) is 5.10 Å². The van der Waals surface area contributed by atoms with Crippen LogP contribution in [0.15, 0.2) is 42.6 Å². The highest BCUT2D eigenvalue weighted by atomic mass is 16.5. The van der Waals surface area contributed by atoms with Gasteiger partial charge in [0.05, 0.1) is 25.0 Å². The molecule has 3 aromatic rings. The standard InChI is InChI=1S/C23H24N6O3/c1-28-18-13-24-20(32-2)12-15(18)8-9-16(23(28)31)25-22(30)21-26-19-11-10-17(29(19)27-21)14-6-4-3-5-7-14/h3-7,12-13,16-17H,8-11H2,1-2H3,(H,25,30)/t16-,17?/m0/s1. The number of nitrogens with zero attached hydrogens (tertiary/aromatic N) is 5. The molecule has 2 aliphatic heterocycles. The normalized spacial score (nSPS) is 19.8. The van der Waals surface area contributed by atoms with Crippen LogP contribution in [0.25, 0.3) is 0 Å². The number of methoxy groups -OCH3 is 1. The fourth-order valence-corrected chi connectivity index (χ4v) is 4.46. The Morgan fingerprint density at radius 1 is 1.19 bits per heavy atom. The molecule has 0 bridgehead atoms. The van der Waals surface area contributed by atoms with Gasteiger partial charge in [-0.25, -0.2) is 14.6 Å². The maximum absolute atomic E-state index is 13.0. The van der Waals surface area contributed by atoms with E-state index in [2.05, 4.69) is 32.5 Å². The first-order chi connectivity index (χ1) is 15.5. The Morgan fingerprint density at radius 2 is 2.00 bits per heavy atom. The minimum Gasteiger partial charge on any atom is -0.481 e. The Morgan fingerprint density at radius 3 is 2.78 bits per heavy atom. The molecular formula is C23H24N6O3. The molecule has 0 radical (unpaired) electrons. The van der Waals surface area contributed by atoms with Crippen LogP contribution in [0.3, 0.4) is 0 Å². The molecule has 9 nitrogen and oxygen atoms in total. The third kappa shape index (κ3) is 3.49. The number of anilines is 1.